The third kappa shape index (κ3) is 5.24. The number of rotatable bonds is 6. The van der Waals surface area contributed by atoms with Crippen molar-refractivity contribution in [3.63, 3.8) is 0 Å². The maximum absolute atomic E-state index is 13.6. The lowest BCUT2D eigenvalue weighted by molar-refractivity contribution is 0.103. The fourth-order valence-corrected chi connectivity index (χ4v) is 5.83. The summed E-state index contributed by atoms with van der Waals surface area (Å²) in [6, 6.07) is 25.2. The number of anilines is 2. The Morgan fingerprint density at radius 3 is 2.06 bits per heavy atom. The fraction of sp³-hybridized carbons (Fsp3) is 0.179. The van der Waals surface area contributed by atoms with E-state index >= 15 is 0 Å². The van der Waals surface area contributed by atoms with Crippen LogP contribution in [0.3, 0.4) is 0 Å². The third-order valence-electron chi connectivity index (χ3n) is 6.35. The largest absolute Gasteiger partial charge is 0.390 e. The summed E-state index contributed by atoms with van der Waals surface area (Å²) in [7, 11) is 0. The average Bonchev–Trinajstić information content (AvgIpc) is 3.21. The lowest BCUT2D eigenvalue weighted by Crippen LogP contribution is -2.46. The summed E-state index contributed by atoms with van der Waals surface area (Å²) in [5.41, 5.74) is 10.9. The molecule has 1 aliphatic heterocycles. The second-order valence-electron chi connectivity index (χ2n) is 8.59. The zero-order valence-corrected chi connectivity index (χ0v) is 21.4. The van der Waals surface area contributed by atoms with Gasteiger partial charge in [0.1, 0.15) is 0 Å². The molecule has 1 aromatic heterocycles. The van der Waals surface area contributed by atoms with E-state index < -0.39 is 0 Å². The number of benzene rings is 3. The first-order chi connectivity index (χ1) is 17.0. The van der Waals surface area contributed by atoms with Gasteiger partial charge in [-0.05, 0) is 59.7 Å². The summed E-state index contributed by atoms with van der Waals surface area (Å²) in [6.45, 7) is 4.26. The Labute approximate surface area is 219 Å². The van der Waals surface area contributed by atoms with Crippen LogP contribution in [0.4, 0.5) is 10.7 Å². The monoisotopic (exact) mass is 521 g/mol. The Morgan fingerprint density at radius 2 is 1.43 bits per heavy atom. The highest BCUT2D eigenvalue weighted by Gasteiger charge is 2.27. The molecule has 178 valence electrons. The van der Waals surface area contributed by atoms with Crippen LogP contribution < -0.4 is 10.6 Å². The van der Waals surface area contributed by atoms with Crippen molar-refractivity contribution < 1.29 is 4.79 Å². The summed E-state index contributed by atoms with van der Waals surface area (Å²) in [5.74, 6) is -0.0626. The van der Waals surface area contributed by atoms with Gasteiger partial charge in [-0.1, -0.05) is 53.5 Å². The second kappa shape index (κ2) is 10.4. The minimum atomic E-state index is -0.0626. The number of hydrogen-bond acceptors (Lipinski definition) is 5. The highest BCUT2D eigenvalue weighted by molar-refractivity contribution is 7.20. The molecule has 0 unspecified atom stereocenters. The van der Waals surface area contributed by atoms with E-state index in [4.69, 9.17) is 28.9 Å². The van der Waals surface area contributed by atoms with Crippen molar-refractivity contribution in [2.24, 2.45) is 0 Å². The van der Waals surface area contributed by atoms with Gasteiger partial charge in [0.25, 0.3) is 0 Å². The Hall–Kier alpha value is -2.83. The third-order valence-corrected chi connectivity index (χ3v) is 7.96. The molecule has 0 radical (unpaired) electrons. The normalized spacial score (nSPS) is 14.3. The van der Waals surface area contributed by atoms with Crippen LogP contribution in [0.1, 0.15) is 21.5 Å². The molecule has 1 fully saturated rings. The number of ketones is 1. The maximum Gasteiger partial charge on any atom is 0.196 e. The van der Waals surface area contributed by atoms with E-state index in [0.717, 1.165) is 47.2 Å². The van der Waals surface area contributed by atoms with Gasteiger partial charge in [-0.15, -0.1) is 11.3 Å². The van der Waals surface area contributed by atoms with E-state index in [2.05, 4.69) is 34.1 Å². The molecule has 2 N–H and O–H groups in total. The number of thiophene rings is 1. The second-order valence-corrected chi connectivity index (χ2v) is 10.5. The number of halogens is 2. The average molecular weight is 523 g/mol. The number of piperazine rings is 1. The van der Waals surface area contributed by atoms with E-state index in [1.54, 1.807) is 24.3 Å². The molecule has 0 atom stereocenters. The van der Waals surface area contributed by atoms with Gasteiger partial charge in [-0.3, -0.25) is 9.69 Å². The van der Waals surface area contributed by atoms with E-state index in [0.29, 0.717) is 27.7 Å². The molecular weight excluding hydrogens is 497 g/mol. The molecule has 0 amide bonds. The molecule has 4 nitrogen and oxygen atoms in total. The number of carbonyl (C=O) groups excluding carboxylic acids is 1. The molecule has 5 rings (SSSR count). The summed E-state index contributed by atoms with van der Waals surface area (Å²) in [4.78, 5) is 19.4. The van der Waals surface area contributed by atoms with Crippen molar-refractivity contribution in [1.29, 1.82) is 0 Å². The van der Waals surface area contributed by atoms with Gasteiger partial charge in [0.2, 0.25) is 0 Å². The van der Waals surface area contributed by atoms with Crippen molar-refractivity contribution in [2.45, 2.75) is 6.54 Å². The van der Waals surface area contributed by atoms with Crippen LogP contribution in [0.2, 0.25) is 10.0 Å². The molecule has 0 bridgehead atoms. The Morgan fingerprint density at radius 1 is 0.829 bits per heavy atom. The predicted molar refractivity (Wildman–Crippen MR) is 148 cm³/mol. The topological polar surface area (TPSA) is 49.6 Å². The van der Waals surface area contributed by atoms with Gasteiger partial charge in [-0.25, -0.2) is 0 Å². The zero-order valence-electron chi connectivity index (χ0n) is 19.1. The smallest absolute Gasteiger partial charge is 0.196 e. The Balaban J connectivity index is 1.43. The van der Waals surface area contributed by atoms with Crippen LogP contribution in [0.15, 0.2) is 78.9 Å². The lowest BCUT2D eigenvalue weighted by atomic mass is 9.97. The van der Waals surface area contributed by atoms with Crippen LogP contribution in [0.5, 0.6) is 0 Å². The molecule has 35 heavy (non-hydrogen) atoms. The SMILES string of the molecule is Nc1sc(-c2ccccc2)c(CN2CCN(c3ccc(Cl)cc3)CC2)c1C(=O)c1ccc(Cl)cc1. The Bertz CT molecular complexity index is 1310. The summed E-state index contributed by atoms with van der Waals surface area (Å²) >= 11 is 13.6. The minimum Gasteiger partial charge on any atom is -0.390 e. The van der Waals surface area contributed by atoms with E-state index in [1.165, 1.54) is 17.0 Å². The molecule has 1 saturated heterocycles. The highest BCUT2D eigenvalue weighted by atomic mass is 35.5. The van der Waals surface area contributed by atoms with Crippen LogP contribution in [0.25, 0.3) is 10.4 Å². The molecule has 2 heterocycles. The van der Waals surface area contributed by atoms with Crippen LogP contribution in [-0.2, 0) is 6.54 Å². The molecule has 7 heteroatoms. The summed E-state index contributed by atoms with van der Waals surface area (Å²) < 4.78 is 0. The van der Waals surface area contributed by atoms with Gasteiger partial charge in [-0.2, -0.15) is 0 Å². The quantitative estimate of drug-likeness (QED) is 0.281. The first-order valence-corrected chi connectivity index (χ1v) is 13.1. The maximum atomic E-state index is 13.6. The van der Waals surface area contributed by atoms with Gasteiger partial charge >= 0.3 is 0 Å². The summed E-state index contributed by atoms with van der Waals surface area (Å²) in [6.07, 6.45) is 0. The van der Waals surface area contributed by atoms with Gasteiger partial charge in [0.15, 0.2) is 5.78 Å². The number of nitrogens with two attached hydrogens (primary N) is 1. The van der Waals surface area contributed by atoms with Crippen LogP contribution >= 0.6 is 34.5 Å². The molecular formula is C28H25Cl2N3OS. The molecule has 0 aliphatic carbocycles. The first-order valence-electron chi connectivity index (χ1n) is 11.5. The first kappa shape index (κ1) is 23.9. The predicted octanol–water partition coefficient (Wildman–Crippen LogP) is 6.86. The van der Waals surface area contributed by atoms with Crippen LogP contribution in [0, 0.1) is 0 Å². The van der Waals surface area contributed by atoms with E-state index in [9.17, 15) is 4.79 Å². The van der Waals surface area contributed by atoms with Gasteiger partial charge in [0, 0.05) is 58.9 Å². The molecule has 3 aromatic carbocycles. The number of nitrogen functional groups attached to an aromatic ring is 1. The minimum absolute atomic E-state index is 0.0626. The Kier molecular flexibility index (Phi) is 7.12. The van der Waals surface area contributed by atoms with Gasteiger partial charge < -0.3 is 10.6 Å². The van der Waals surface area contributed by atoms with Crippen LogP contribution in [-0.4, -0.2) is 36.9 Å². The van der Waals surface area contributed by atoms with E-state index in [-0.39, 0.29) is 5.78 Å². The fourth-order valence-electron chi connectivity index (χ4n) is 4.49. The van der Waals surface area contributed by atoms with E-state index in [1.807, 2.05) is 30.3 Å². The number of hydrogen-bond donors (Lipinski definition) is 1. The van der Waals surface area contributed by atoms with Crippen molar-refractivity contribution in [2.75, 3.05) is 36.8 Å². The van der Waals surface area contributed by atoms with Gasteiger partial charge in [0.05, 0.1) is 10.6 Å². The summed E-state index contributed by atoms with van der Waals surface area (Å²) in [5, 5.41) is 1.90. The number of nitrogens with zero attached hydrogens (tertiary/aromatic N) is 2. The molecule has 0 saturated carbocycles. The molecule has 4 aromatic rings. The van der Waals surface area contributed by atoms with Crippen molar-refractivity contribution in [3.8, 4) is 10.4 Å². The van der Waals surface area contributed by atoms with Crippen molar-refractivity contribution in [3.05, 3.63) is 106 Å². The van der Waals surface area contributed by atoms with Crippen molar-refractivity contribution >= 4 is 51.0 Å². The molecule has 1 aliphatic rings. The van der Waals surface area contributed by atoms with Crippen molar-refractivity contribution in [1.82, 2.24) is 4.90 Å². The lowest BCUT2D eigenvalue weighted by Gasteiger charge is -2.36. The highest BCUT2D eigenvalue weighted by Crippen LogP contribution is 2.40. The number of carbonyl (C=O) groups is 1. The standard InChI is InChI=1S/C28H25Cl2N3OS/c29-21-8-6-19(7-9-21)26(34)25-24(27(35-28(25)31)20-4-2-1-3-5-20)18-32-14-16-33(17-15-32)23-12-10-22(30)11-13-23/h1-13H,14-18,31H2. The zero-order chi connectivity index (χ0) is 24.4. The molecule has 0 spiro atoms.